The number of ether oxygens (including phenoxy) is 2. The number of nitrogen functional groups attached to an aromatic ring is 1. The Balaban J connectivity index is 2.36. The van der Waals surface area contributed by atoms with Crippen LogP contribution in [0.4, 0.5) is 5.69 Å². The second-order valence-electron chi connectivity index (χ2n) is 5.10. The van der Waals surface area contributed by atoms with Crippen LogP contribution in [-0.4, -0.2) is 31.1 Å². The van der Waals surface area contributed by atoms with E-state index in [0.29, 0.717) is 23.9 Å². The summed E-state index contributed by atoms with van der Waals surface area (Å²) in [4.78, 5) is 23.3. The Morgan fingerprint density at radius 1 is 1.24 bits per heavy atom. The predicted octanol–water partition coefficient (Wildman–Crippen LogP) is 1.35. The highest BCUT2D eigenvalue weighted by Gasteiger charge is 2.18. The summed E-state index contributed by atoms with van der Waals surface area (Å²) in [7, 11) is 0. The van der Waals surface area contributed by atoms with Crippen LogP contribution in [0.15, 0.2) is 24.3 Å². The summed E-state index contributed by atoms with van der Waals surface area (Å²) in [6.45, 7) is 5.72. The molecule has 0 bridgehead atoms. The third-order valence-electron chi connectivity index (χ3n) is 2.63. The Bertz CT molecular complexity index is 488. The van der Waals surface area contributed by atoms with E-state index in [0.717, 1.165) is 0 Å². The lowest BCUT2D eigenvalue weighted by Gasteiger charge is -2.15. The van der Waals surface area contributed by atoms with E-state index in [1.165, 1.54) is 6.92 Å². The lowest BCUT2D eigenvalue weighted by atomic mass is 10.2. The molecule has 0 saturated heterocycles. The molecule has 0 heterocycles. The molecule has 0 aromatic heterocycles. The van der Waals surface area contributed by atoms with Gasteiger partial charge in [-0.3, -0.25) is 4.79 Å². The number of hydrogen-bond acceptors (Lipinski definition) is 5. The Kier molecular flexibility index (Phi) is 6.52. The number of anilines is 1. The third-order valence-corrected chi connectivity index (χ3v) is 2.63. The van der Waals surface area contributed by atoms with Gasteiger partial charge in [0.2, 0.25) is 0 Å². The molecule has 0 aliphatic carbocycles. The van der Waals surface area contributed by atoms with Crippen molar-refractivity contribution in [2.24, 2.45) is 5.92 Å². The summed E-state index contributed by atoms with van der Waals surface area (Å²) >= 11 is 0. The molecule has 0 saturated carbocycles. The second kappa shape index (κ2) is 8.14. The number of nitrogens with one attached hydrogen (secondary N) is 1. The molecule has 1 atom stereocenters. The summed E-state index contributed by atoms with van der Waals surface area (Å²) in [5, 5.41) is 2.69. The molecular weight excluding hydrogens is 272 g/mol. The van der Waals surface area contributed by atoms with E-state index in [1.54, 1.807) is 24.3 Å². The first kappa shape index (κ1) is 16.8. The summed E-state index contributed by atoms with van der Waals surface area (Å²) in [6, 6.07) is 6.84. The summed E-state index contributed by atoms with van der Waals surface area (Å²) in [5.41, 5.74) is 6.12. The molecule has 116 valence electrons. The maximum Gasteiger partial charge on any atom is 0.344 e. The van der Waals surface area contributed by atoms with Gasteiger partial charge in [-0.2, -0.15) is 0 Å². The van der Waals surface area contributed by atoms with Crippen molar-refractivity contribution < 1.29 is 19.1 Å². The van der Waals surface area contributed by atoms with E-state index in [-0.39, 0.29) is 12.5 Å². The van der Waals surface area contributed by atoms with Crippen LogP contribution >= 0.6 is 0 Å². The van der Waals surface area contributed by atoms with Gasteiger partial charge in [-0.05, 0) is 25.0 Å². The Hall–Kier alpha value is -2.24. The number of nitrogens with two attached hydrogens (primary N) is 1. The first-order chi connectivity index (χ1) is 9.90. The molecule has 1 amide bonds. The number of carbonyl (C=O) groups excluding carboxylic acids is 2. The summed E-state index contributed by atoms with van der Waals surface area (Å²) in [6.07, 6.45) is -0.854. The average Bonchev–Trinajstić information content (AvgIpc) is 2.43. The molecule has 0 fully saturated rings. The highest BCUT2D eigenvalue weighted by molar-refractivity contribution is 5.83. The molecule has 0 spiro atoms. The van der Waals surface area contributed by atoms with Gasteiger partial charge in [0.25, 0.3) is 5.91 Å². The number of esters is 1. The number of para-hydroxylation sites is 2. The molecule has 0 aliphatic heterocycles. The first-order valence-corrected chi connectivity index (χ1v) is 6.84. The van der Waals surface area contributed by atoms with Gasteiger partial charge in [-0.1, -0.05) is 26.0 Å². The monoisotopic (exact) mass is 294 g/mol. The largest absolute Gasteiger partial charge is 0.480 e. The lowest BCUT2D eigenvalue weighted by Crippen LogP contribution is -2.38. The van der Waals surface area contributed by atoms with Crippen LogP contribution in [0.5, 0.6) is 5.75 Å². The maximum atomic E-state index is 11.7. The number of rotatable bonds is 7. The highest BCUT2D eigenvalue weighted by Crippen LogP contribution is 2.19. The molecule has 1 rings (SSSR count). The fraction of sp³-hybridized carbons (Fsp3) is 0.467. The lowest BCUT2D eigenvalue weighted by molar-refractivity contribution is -0.156. The minimum absolute atomic E-state index is 0.296. The van der Waals surface area contributed by atoms with Crippen LogP contribution in [0.3, 0.4) is 0 Å². The van der Waals surface area contributed by atoms with Crippen LogP contribution < -0.4 is 15.8 Å². The van der Waals surface area contributed by atoms with Gasteiger partial charge in [0.15, 0.2) is 12.7 Å². The Morgan fingerprint density at radius 2 is 1.90 bits per heavy atom. The van der Waals surface area contributed by atoms with Crippen LogP contribution in [0.1, 0.15) is 20.8 Å². The number of hydrogen-bond donors (Lipinski definition) is 2. The molecule has 21 heavy (non-hydrogen) atoms. The van der Waals surface area contributed by atoms with Crippen molar-refractivity contribution in [1.82, 2.24) is 5.32 Å². The third kappa shape index (κ3) is 6.16. The average molecular weight is 294 g/mol. The summed E-state index contributed by atoms with van der Waals surface area (Å²) < 4.78 is 10.2. The number of benzene rings is 1. The smallest absolute Gasteiger partial charge is 0.344 e. The van der Waals surface area contributed by atoms with E-state index in [9.17, 15) is 9.59 Å². The number of carbonyl (C=O) groups is 2. The second-order valence-corrected chi connectivity index (χ2v) is 5.10. The molecule has 3 N–H and O–H groups in total. The van der Waals surface area contributed by atoms with Crippen molar-refractivity contribution in [3.8, 4) is 5.75 Å². The quantitative estimate of drug-likeness (QED) is 0.585. The molecular formula is C15H22N2O4. The van der Waals surface area contributed by atoms with Gasteiger partial charge < -0.3 is 20.5 Å². The van der Waals surface area contributed by atoms with Crippen LogP contribution in [0.25, 0.3) is 0 Å². The minimum atomic E-state index is -0.854. The highest BCUT2D eigenvalue weighted by atomic mass is 16.6. The Morgan fingerprint density at radius 3 is 2.52 bits per heavy atom. The van der Waals surface area contributed by atoms with Gasteiger partial charge in [0.1, 0.15) is 5.75 Å². The van der Waals surface area contributed by atoms with E-state index in [1.807, 2.05) is 13.8 Å². The van der Waals surface area contributed by atoms with Gasteiger partial charge in [0, 0.05) is 6.54 Å². The SMILES string of the molecule is CC(C)CNC(=O)C(C)OC(=O)COc1ccccc1N. The zero-order valence-corrected chi connectivity index (χ0v) is 12.6. The Labute approximate surface area is 124 Å². The number of amides is 1. The van der Waals surface area contributed by atoms with Crippen LogP contribution in [0, 0.1) is 5.92 Å². The normalized spacial score (nSPS) is 11.8. The van der Waals surface area contributed by atoms with Crippen LogP contribution in [0.2, 0.25) is 0 Å². The fourth-order valence-corrected chi connectivity index (χ4v) is 1.48. The molecule has 6 nitrogen and oxygen atoms in total. The van der Waals surface area contributed by atoms with Crippen molar-refractivity contribution in [1.29, 1.82) is 0 Å². The maximum absolute atomic E-state index is 11.7. The first-order valence-electron chi connectivity index (χ1n) is 6.84. The molecule has 1 aromatic rings. The zero-order valence-electron chi connectivity index (χ0n) is 12.6. The van der Waals surface area contributed by atoms with Crippen LogP contribution in [-0.2, 0) is 14.3 Å². The molecule has 0 radical (unpaired) electrons. The van der Waals surface area contributed by atoms with Gasteiger partial charge in [0.05, 0.1) is 5.69 Å². The molecule has 0 aliphatic rings. The fourth-order valence-electron chi connectivity index (χ4n) is 1.48. The molecule has 1 unspecified atom stereocenters. The van der Waals surface area contributed by atoms with Crippen molar-refractivity contribution in [3.63, 3.8) is 0 Å². The standard InChI is InChI=1S/C15H22N2O4/c1-10(2)8-17-15(19)11(3)21-14(18)9-20-13-7-5-4-6-12(13)16/h4-7,10-11H,8-9,16H2,1-3H3,(H,17,19). The van der Waals surface area contributed by atoms with E-state index in [2.05, 4.69) is 5.32 Å². The van der Waals surface area contributed by atoms with E-state index >= 15 is 0 Å². The van der Waals surface area contributed by atoms with Gasteiger partial charge >= 0.3 is 5.97 Å². The van der Waals surface area contributed by atoms with E-state index < -0.39 is 12.1 Å². The minimum Gasteiger partial charge on any atom is -0.480 e. The molecule has 1 aromatic carbocycles. The van der Waals surface area contributed by atoms with E-state index in [4.69, 9.17) is 15.2 Å². The van der Waals surface area contributed by atoms with Crippen molar-refractivity contribution in [3.05, 3.63) is 24.3 Å². The summed E-state index contributed by atoms with van der Waals surface area (Å²) in [5.74, 6) is -0.200. The predicted molar refractivity (Wildman–Crippen MR) is 79.8 cm³/mol. The van der Waals surface area contributed by atoms with Crippen molar-refractivity contribution in [2.45, 2.75) is 26.9 Å². The van der Waals surface area contributed by atoms with Gasteiger partial charge in [-0.15, -0.1) is 0 Å². The topological polar surface area (TPSA) is 90.6 Å². The van der Waals surface area contributed by atoms with Gasteiger partial charge in [-0.25, -0.2) is 4.79 Å². The van der Waals surface area contributed by atoms with Crippen molar-refractivity contribution >= 4 is 17.6 Å². The molecule has 6 heteroatoms. The van der Waals surface area contributed by atoms with Crippen molar-refractivity contribution in [2.75, 3.05) is 18.9 Å². The zero-order chi connectivity index (χ0) is 15.8.